The molecule has 7 rings (SSSR count). The van der Waals surface area contributed by atoms with E-state index in [-0.39, 0.29) is 5.41 Å². The Balaban J connectivity index is 1.40. The van der Waals surface area contributed by atoms with E-state index >= 15 is 0 Å². The van der Waals surface area contributed by atoms with Gasteiger partial charge in [0.25, 0.3) is 0 Å². The van der Waals surface area contributed by atoms with Crippen molar-refractivity contribution in [2.24, 2.45) is 0 Å². The number of benzene rings is 6. The second-order valence-corrected chi connectivity index (χ2v) is 12.1. The lowest BCUT2D eigenvalue weighted by Crippen LogP contribution is -2.28. The van der Waals surface area contributed by atoms with E-state index in [2.05, 4.69) is 148 Å². The van der Waals surface area contributed by atoms with Crippen LogP contribution in [0.3, 0.4) is 0 Å². The van der Waals surface area contributed by atoms with Crippen molar-refractivity contribution in [1.29, 1.82) is 0 Å². The lowest BCUT2D eigenvalue weighted by molar-refractivity contribution is 0.590. The Kier molecular flexibility index (Phi) is 5.93. The molecule has 0 heteroatoms. The van der Waals surface area contributed by atoms with Crippen molar-refractivity contribution in [3.05, 3.63) is 131 Å². The Morgan fingerprint density at radius 3 is 1.65 bits per heavy atom. The van der Waals surface area contributed by atoms with Crippen LogP contribution in [0.2, 0.25) is 0 Å². The van der Waals surface area contributed by atoms with Gasteiger partial charge in [0.2, 0.25) is 0 Å². The minimum atomic E-state index is 0.0604. The Hall–Kier alpha value is -4.42. The van der Waals surface area contributed by atoms with Crippen molar-refractivity contribution in [2.45, 2.75) is 39.0 Å². The normalized spacial score (nSPS) is 13.1. The highest BCUT2D eigenvalue weighted by atomic mass is 14.2. The summed E-state index contributed by atoms with van der Waals surface area (Å²) in [7, 11) is 0. The molecule has 0 radical (unpaired) electrons. The molecule has 40 heavy (non-hydrogen) atoms. The molecule has 0 amide bonds. The average molecular weight is 515 g/mol. The Bertz CT molecular complexity index is 2020. The standard InChI is InChI=1S/C40H34/c1-40(2,3)33-24-31(27-12-5-4-6-13-27)23-32(25-33)29-15-11-14-28(22-29)30-20-21-38-36-18-8-7-16-34(36)35-17-9-10-19-37(35)39(38)26-30/h4-8,11-26H,9-10H2,1-3H3. The zero-order valence-electron chi connectivity index (χ0n) is 23.5. The van der Waals surface area contributed by atoms with Gasteiger partial charge in [0.15, 0.2) is 0 Å². The van der Waals surface area contributed by atoms with Gasteiger partial charge >= 0.3 is 0 Å². The van der Waals surface area contributed by atoms with Gasteiger partial charge in [-0.1, -0.05) is 130 Å². The zero-order chi connectivity index (χ0) is 27.3. The second-order valence-electron chi connectivity index (χ2n) is 12.1. The highest BCUT2D eigenvalue weighted by Gasteiger charge is 2.17. The van der Waals surface area contributed by atoms with Crippen LogP contribution in [0.15, 0.2) is 115 Å². The van der Waals surface area contributed by atoms with Gasteiger partial charge in [-0.25, -0.2) is 0 Å². The Labute approximate surface area is 237 Å². The monoisotopic (exact) mass is 514 g/mol. The van der Waals surface area contributed by atoms with Crippen LogP contribution in [0.5, 0.6) is 0 Å². The summed E-state index contributed by atoms with van der Waals surface area (Å²) in [6, 6.07) is 42.8. The van der Waals surface area contributed by atoms with Crippen LogP contribution in [0.1, 0.15) is 39.2 Å². The van der Waals surface area contributed by atoms with Crippen molar-refractivity contribution >= 4 is 33.7 Å². The highest BCUT2D eigenvalue weighted by molar-refractivity contribution is 6.09. The van der Waals surface area contributed by atoms with E-state index in [9.17, 15) is 0 Å². The van der Waals surface area contributed by atoms with Gasteiger partial charge in [-0.3, -0.25) is 0 Å². The van der Waals surface area contributed by atoms with Crippen molar-refractivity contribution < 1.29 is 0 Å². The van der Waals surface area contributed by atoms with Gasteiger partial charge < -0.3 is 0 Å². The maximum atomic E-state index is 2.44. The molecule has 0 unspecified atom stereocenters. The van der Waals surface area contributed by atoms with Crippen LogP contribution in [-0.2, 0) is 5.41 Å². The quantitative estimate of drug-likeness (QED) is 0.206. The molecular weight excluding hydrogens is 480 g/mol. The predicted molar refractivity (Wildman–Crippen MR) is 174 cm³/mol. The van der Waals surface area contributed by atoms with Gasteiger partial charge in [0.05, 0.1) is 0 Å². The molecule has 1 aliphatic carbocycles. The third-order valence-electron chi connectivity index (χ3n) is 8.41. The summed E-state index contributed by atoms with van der Waals surface area (Å²) >= 11 is 0. The van der Waals surface area contributed by atoms with E-state index in [1.807, 2.05) is 0 Å². The van der Waals surface area contributed by atoms with Gasteiger partial charge in [-0.15, -0.1) is 0 Å². The van der Waals surface area contributed by atoms with E-state index in [0.29, 0.717) is 0 Å². The molecule has 0 saturated carbocycles. The summed E-state index contributed by atoms with van der Waals surface area (Å²) in [6.45, 7) is 6.89. The van der Waals surface area contributed by atoms with E-state index in [0.717, 1.165) is 12.8 Å². The third kappa shape index (κ3) is 4.34. The fraction of sp³-hybridized carbons (Fsp3) is 0.150. The molecule has 1 aliphatic rings. The zero-order valence-corrected chi connectivity index (χ0v) is 23.5. The Morgan fingerprint density at radius 2 is 0.925 bits per heavy atom. The molecule has 6 aromatic rings. The molecule has 0 fully saturated rings. The summed E-state index contributed by atoms with van der Waals surface area (Å²) < 4.78 is 0. The summed E-state index contributed by atoms with van der Waals surface area (Å²) in [5, 5.41) is 8.19. The van der Waals surface area contributed by atoms with Crippen LogP contribution >= 0.6 is 0 Å². The number of hydrogen-bond acceptors (Lipinski definition) is 0. The van der Waals surface area contributed by atoms with Crippen molar-refractivity contribution in [3.8, 4) is 33.4 Å². The number of rotatable bonds is 3. The Morgan fingerprint density at radius 1 is 0.400 bits per heavy atom. The van der Waals surface area contributed by atoms with Crippen LogP contribution in [-0.4, -0.2) is 0 Å². The molecule has 0 heterocycles. The molecule has 0 atom stereocenters. The maximum absolute atomic E-state index is 2.44. The fourth-order valence-electron chi connectivity index (χ4n) is 6.22. The highest BCUT2D eigenvalue weighted by Crippen LogP contribution is 2.35. The molecule has 0 N–H and O–H groups in total. The predicted octanol–water partition coefficient (Wildman–Crippen LogP) is 9.65. The topological polar surface area (TPSA) is 0 Å². The number of hydrogen-bond donors (Lipinski definition) is 0. The maximum Gasteiger partial charge on any atom is -0.00961 e. The first-order valence-corrected chi connectivity index (χ1v) is 14.4. The molecular formula is C40H34. The first-order valence-electron chi connectivity index (χ1n) is 14.4. The van der Waals surface area contributed by atoms with Crippen LogP contribution in [0.4, 0.5) is 0 Å². The minimum absolute atomic E-state index is 0.0604. The smallest absolute Gasteiger partial charge is 0.00961 e. The summed E-state index contributed by atoms with van der Waals surface area (Å²) in [6.07, 6.45) is 7.08. The summed E-state index contributed by atoms with van der Waals surface area (Å²) in [5.41, 5.74) is 8.97. The molecule has 0 aromatic heterocycles. The first-order chi connectivity index (χ1) is 19.5. The lowest BCUT2D eigenvalue weighted by Gasteiger charge is -2.22. The van der Waals surface area contributed by atoms with Gasteiger partial charge in [-0.2, -0.15) is 0 Å². The molecule has 0 bridgehead atoms. The largest absolute Gasteiger partial charge is 0.0757 e. The van der Waals surface area contributed by atoms with Crippen LogP contribution < -0.4 is 10.4 Å². The summed E-state index contributed by atoms with van der Waals surface area (Å²) in [4.78, 5) is 0. The van der Waals surface area contributed by atoms with E-state index in [1.165, 1.54) is 70.9 Å². The van der Waals surface area contributed by atoms with Gasteiger partial charge in [0, 0.05) is 0 Å². The minimum Gasteiger partial charge on any atom is -0.0757 e. The van der Waals surface area contributed by atoms with Crippen LogP contribution in [0.25, 0.3) is 67.1 Å². The van der Waals surface area contributed by atoms with E-state index < -0.39 is 0 Å². The van der Waals surface area contributed by atoms with Gasteiger partial charge in [-0.05, 0) is 107 Å². The van der Waals surface area contributed by atoms with Crippen molar-refractivity contribution in [2.75, 3.05) is 0 Å². The molecule has 194 valence electrons. The molecule has 0 spiro atoms. The first kappa shape index (κ1) is 24.6. The van der Waals surface area contributed by atoms with Crippen molar-refractivity contribution in [1.82, 2.24) is 0 Å². The molecule has 0 nitrogen and oxygen atoms in total. The molecule has 0 saturated heterocycles. The fourth-order valence-corrected chi connectivity index (χ4v) is 6.22. The SMILES string of the molecule is CC(C)(C)c1cc(-c2ccccc2)cc(-c2cccc(-c3ccc4c(c3)c3c(c5ccccc54)=CCCC=3)c2)c1. The van der Waals surface area contributed by atoms with Crippen molar-refractivity contribution in [3.63, 3.8) is 0 Å². The van der Waals surface area contributed by atoms with E-state index in [1.54, 1.807) is 0 Å². The van der Waals surface area contributed by atoms with Crippen LogP contribution in [0, 0.1) is 0 Å². The second kappa shape index (κ2) is 9.65. The third-order valence-corrected chi connectivity index (χ3v) is 8.41. The molecule has 0 aliphatic heterocycles. The lowest BCUT2D eigenvalue weighted by atomic mass is 9.83. The van der Waals surface area contributed by atoms with Gasteiger partial charge in [0.1, 0.15) is 0 Å². The number of fused-ring (bicyclic) bond motifs is 6. The molecule has 6 aromatic carbocycles. The average Bonchev–Trinajstić information content (AvgIpc) is 3.01. The van der Waals surface area contributed by atoms with E-state index in [4.69, 9.17) is 0 Å². The summed E-state index contributed by atoms with van der Waals surface area (Å²) in [5.74, 6) is 0.